The zero-order chi connectivity index (χ0) is 13.3. The number of rotatable bonds is 2. The van der Waals surface area contributed by atoms with Crippen molar-refractivity contribution in [2.45, 2.75) is 31.7 Å². The first-order valence-corrected chi connectivity index (χ1v) is 5.82. The van der Waals surface area contributed by atoms with Gasteiger partial charge in [0.25, 0.3) is 5.56 Å². The number of nitrogens with zero attached hydrogens (tertiary/aromatic N) is 1. The maximum Gasteiger partial charge on any atom is 0.347 e. The number of hydrogen-bond acceptors (Lipinski definition) is 5. The number of carbonyl (C=O) groups excluding carboxylic acids is 1. The molecule has 6 nitrogen and oxygen atoms in total. The average molecular weight is 253 g/mol. The smallest absolute Gasteiger partial charge is 0.347 e. The molecule has 6 heteroatoms. The fraction of sp³-hybridized carbons (Fsp3) is 0.500. The monoisotopic (exact) mass is 253 g/mol. The van der Waals surface area contributed by atoms with Crippen LogP contribution in [0, 0.1) is 0 Å². The van der Waals surface area contributed by atoms with E-state index in [1.165, 1.54) is 4.57 Å². The number of hydrogen-bond donors (Lipinski definition) is 2. The Morgan fingerprint density at radius 3 is 2.56 bits per heavy atom. The van der Waals surface area contributed by atoms with Gasteiger partial charge in [-0.05, 0) is 12.8 Å². The Bertz CT molecular complexity index is 528. The van der Waals surface area contributed by atoms with Gasteiger partial charge in [0.15, 0.2) is 5.56 Å². The summed E-state index contributed by atoms with van der Waals surface area (Å²) < 4.78 is 5.65. The summed E-state index contributed by atoms with van der Waals surface area (Å²) in [5, 5.41) is 19.6. The Morgan fingerprint density at radius 2 is 2.00 bits per heavy atom. The van der Waals surface area contributed by atoms with Gasteiger partial charge in [-0.3, -0.25) is 9.36 Å². The van der Waals surface area contributed by atoms with E-state index in [1.807, 2.05) is 0 Å². The Balaban J connectivity index is 2.59. The first-order valence-electron chi connectivity index (χ1n) is 5.82. The van der Waals surface area contributed by atoms with Crippen LogP contribution in [0.15, 0.2) is 10.9 Å². The molecule has 1 aliphatic rings. The molecule has 0 radical (unpaired) electrons. The average Bonchev–Trinajstić information content (AvgIpc) is 2.81. The van der Waals surface area contributed by atoms with E-state index in [0.29, 0.717) is 0 Å². The van der Waals surface area contributed by atoms with Gasteiger partial charge in [-0.15, -0.1) is 0 Å². The van der Waals surface area contributed by atoms with Crippen LogP contribution in [0.25, 0.3) is 0 Å². The second kappa shape index (κ2) is 4.72. The summed E-state index contributed by atoms with van der Waals surface area (Å²) in [5.41, 5.74) is -0.867. The van der Waals surface area contributed by atoms with Gasteiger partial charge in [-0.2, -0.15) is 0 Å². The number of carbonyl (C=O) groups is 1. The third-order valence-electron chi connectivity index (χ3n) is 3.28. The van der Waals surface area contributed by atoms with E-state index >= 15 is 0 Å². The fourth-order valence-corrected chi connectivity index (χ4v) is 2.41. The largest absolute Gasteiger partial charge is 0.507 e. The second-order valence-electron chi connectivity index (χ2n) is 4.37. The lowest BCUT2D eigenvalue weighted by molar-refractivity contribution is 0.0591. The predicted molar refractivity (Wildman–Crippen MR) is 62.9 cm³/mol. The minimum Gasteiger partial charge on any atom is -0.507 e. The van der Waals surface area contributed by atoms with Crippen LogP contribution in [0.3, 0.4) is 0 Å². The first-order chi connectivity index (χ1) is 8.56. The molecule has 0 aromatic carbocycles. The molecule has 0 bridgehead atoms. The minimum absolute atomic E-state index is 0.124. The number of esters is 1. The lowest BCUT2D eigenvalue weighted by Crippen LogP contribution is -2.24. The van der Waals surface area contributed by atoms with Gasteiger partial charge in [-0.1, -0.05) is 12.8 Å². The van der Waals surface area contributed by atoms with Crippen LogP contribution in [-0.2, 0) is 4.74 Å². The van der Waals surface area contributed by atoms with Crippen molar-refractivity contribution in [2.24, 2.45) is 0 Å². The van der Waals surface area contributed by atoms with E-state index in [4.69, 9.17) is 0 Å². The molecule has 2 N–H and O–H groups in total. The highest BCUT2D eigenvalue weighted by atomic mass is 16.5. The number of ether oxygens (including phenoxy) is 1. The van der Waals surface area contributed by atoms with Crippen molar-refractivity contribution in [3.63, 3.8) is 0 Å². The lowest BCUT2D eigenvalue weighted by Gasteiger charge is -2.17. The van der Waals surface area contributed by atoms with Crippen LogP contribution in [0.5, 0.6) is 11.6 Å². The van der Waals surface area contributed by atoms with Gasteiger partial charge >= 0.3 is 5.97 Å². The maximum atomic E-state index is 11.8. The summed E-state index contributed by atoms with van der Waals surface area (Å²) in [6, 6.07) is 0.811. The van der Waals surface area contributed by atoms with Crippen LogP contribution < -0.4 is 5.56 Å². The summed E-state index contributed by atoms with van der Waals surface area (Å²) in [4.78, 5) is 23.3. The molecule has 1 heterocycles. The molecule has 2 rings (SSSR count). The summed E-state index contributed by atoms with van der Waals surface area (Å²) >= 11 is 0. The SMILES string of the molecule is COC(=O)c1c(O)cc(=O)n(C2CCCC2)c1O. The van der Waals surface area contributed by atoms with Crippen LogP contribution in [0.2, 0.25) is 0 Å². The number of pyridine rings is 1. The maximum absolute atomic E-state index is 11.8. The summed E-state index contributed by atoms with van der Waals surface area (Å²) in [6.07, 6.45) is 3.51. The molecule has 0 amide bonds. The second-order valence-corrected chi connectivity index (χ2v) is 4.37. The lowest BCUT2D eigenvalue weighted by atomic mass is 10.2. The normalized spacial score (nSPS) is 15.8. The highest BCUT2D eigenvalue weighted by molar-refractivity contribution is 5.94. The summed E-state index contributed by atoms with van der Waals surface area (Å²) in [6.45, 7) is 0. The van der Waals surface area contributed by atoms with Crippen molar-refractivity contribution in [2.75, 3.05) is 7.11 Å². The van der Waals surface area contributed by atoms with Crippen LogP contribution in [0.4, 0.5) is 0 Å². The zero-order valence-corrected chi connectivity index (χ0v) is 10.0. The molecule has 0 spiro atoms. The Labute approximate surface area is 103 Å². The molecule has 98 valence electrons. The minimum atomic E-state index is -0.864. The molecule has 0 aliphatic heterocycles. The van der Waals surface area contributed by atoms with Crippen molar-refractivity contribution >= 4 is 5.97 Å². The Kier molecular flexibility index (Phi) is 3.27. The van der Waals surface area contributed by atoms with Crippen molar-refractivity contribution in [1.29, 1.82) is 0 Å². The van der Waals surface area contributed by atoms with E-state index in [-0.39, 0.29) is 11.6 Å². The number of aromatic nitrogens is 1. The van der Waals surface area contributed by atoms with Crippen molar-refractivity contribution in [3.05, 3.63) is 22.0 Å². The highest BCUT2D eigenvalue weighted by Crippen LogP contribution is 2.34. The van der Waals surface area contributed by atoms with E-state index in [2.05, 4.69) is 4.74 Å². The Hall–Kier alpha value is -1.98. The molecule has 0 atom stereocenters. The number of methoxy groups -OCH3 is 1. The third kappa shape index (κ3) is 1.94. The molecule has 18 heavy (non-hydrogen) atoms. The topological polar surface area (TPSA) is 88.8 Å². The predicted octanol–water partition coefficient (Wildman–Crippen LogP) is 1.16. The molecule has 1 fully saturated rings. The molecular formula is C12H15NO5. The third-order valence-corrected chi connectivity index (χ3v) is 3.28. The standard InChI is InChI=1S/C12H15NO5/c1-18-12(17)10-8(14)6-9(15)13(11(10)16)7-4-2-3-5-7/h6-7,14,16H,2-5H2,1H3. The molecule has 1 saturated carbocycles. The summed E-state index contributed by atoms with van der Waals surface area (Å²) in [7, 11) is 1.15. The van der Waals surface area contributed by atoms with Gasteiger partial charge in [0, 0.05) is 12.1 Å². The molecule has 1 aliphatic carbocycles. The van der Waals surface area contributed by atoms with E-state index < -0.39 is 23.2 Å². The molecule has 1 aromatic heterocycles. The van der Waals surface area contributed by atoms with E-state index in [1.54, 1.807) is 0 Å². The van der Waals surface area contributed by atoms with Crippen LogP contribution >= 0.6 is 0 Å². The molecule has 0 saturated heterocycles. The van der Waals surface area contributed by atoms with Gasteiger partial charge in [0.1, 0.15) is 5.75 Å². The van der Waals surface area contributed by atoms with Gasteiger partial charge in [0.05, 0.1) is 7.11 Å². The highest BCUT2D eigenvalue weighted by Gasteiger charge is 2.27. The molecule has 0 unspecified atom stereocenters. The molecular weight excluding hydrogens is 238 g/mol. The van der Waals surface area contributed by atoms with Crippen LogP contribution in [-0.4, -0.2) is 27.9 Å². The summed E-state index contributed by atoms with van der Waals surface area (Å²) in [5.74, 6) is -1.94. The quantitative estimate of drug-likeness (QED) is 0.772. The first kappa shape index (κ1) is 12.5. The van der Waals surface area contributed by atoms with E-state index in [9.17, 15) is 19.8 Å². The van der Waals surface area contributed by atoms with Gasteiger partial charge in [-0.25, -0.2) is 4.79 Å². The molecule has 1 aromatic rings. The van der Waals surface area contributed by atoms with Crippen molar-refractivity contribution in [1.82, 2.24) is 4.57 Å². The van der Waals surface area contributed by atoms with Crippen molar-refractivity contribution in [3.8, 4) is 11.6 Å². The van der Waals surface area contributed by atoms with Gasteiger partial charge < -0.3 is 14.9 Å². The Morgan fingerprint density at radius 1 is 1.39 bits per heavy atom. The number of aromatic hydroxyl groups is 2. The van der Waals surface area contributed by atoms with Crippen molar-refractivity contribution < 1.29 is 19.7 Å². The van der Waals surface area contributed by atoms with Crippen LogP contribution in [0.1, 0.15) is 42.1 Å². The fourth-order valence-electron chi connectivity index (χ4n) is 2.41. The zero-order valence-electron chi connectivity index (χ0n) is 10.0. The van der Waals surface area contributed by atoms with E-state index in [0.717, 1.165) is 38.9 Å². The van der Waals surface area contributed by atoms with Gasteiger partial charge in [0.2, 0.25) is 5.88 Å².